The Balaban J connectivity index is 0. The van der Waals surface area contributed by atoms with E-state index in [4.69, 9.17) is 27.0 Å². The minimum atomic E-state index is -3.72. The molecule has 138 valence electrons. The van der Waals surface area contributed by atoms with Crippen molar-refractivity contribution in [1.29, 1.82) is 5.16 Å². The summed E-state index contributed by atoms with van der Waals surface area (Å²) in [5.41, 5.74) is 16.2. The van der Waals surface area contributed by atoms with Crippen LogP contribution in [0.4, 0.5) is 0 Å². The Labute approximate surface area is 149 Å². The quantitative estimate of drug-likeness (QED) is 0.191. The summed E-state index contributed by atoms with van der Waals surface area (Å²) in [5, 5.41) is 29.1. The molecule has 0 amide bonds. The molecule has 0 saturated heterocycles. The van der Waals surface area contributed by atoms with Gasteiger partial charge >= 0.3 is 21.1 Å². The number of nitrogens with one attached hydrogen (secondary N) is 2. The van der Waals surface area contributed by atoms with Gasteiger partial charge in [-0.1, -0.05) is 12.8 Å². The molecular formula is C11H24N5O5PPt. The van der Waals surface area contributed by atoms with E-state index in [2.05, 4.69) is 0 Å². The van der Waals surface area contributed by atoms with Crippen molar-refractivity contribution in [2.75, 3.05) is 0 Å². The van der Waals surface area contributed by atoms with Crippen LogP contribution in [0.2, 0.25) is 0 Å². The van der Waals surface area contributed by atoms with E-state index in [-0.39, 0.29) is 39.6 Å². The first-order valence-electron chi connectivity index (χ1n) is 6.88. The second-order valence-electron chi connectivity index (χ2n) is 5.21. The van der Waals surface area contributed by atoms with Crippen LogP contribution >= 0.6 is 7.58 Å². The van der Waals surface area contributed by atoms with E-state index in [1.165, 1.54) is 12.8 Å². The van der Waals surface area contributed by atoms with E-state index in [1.54, 1.807) is 0 Å². The smallest absolute Gasteiger partial charge is 0.550 e. The molecule has 1 fully saturated rings. The second-order valence-corrected chi connectivity index (χ2v) is 6.84. The predicted octanol–water partition coefficient (Wildman–Crippen LogP) is -3.09. The minimum absolute atomic E-state index is 0. The minimum Gasteiger partial charge on any atom is -0.550 e. The molecule has 1 unspecified atom stereocenters. The fourth-order valence-electron chi connectivity index (χ4n) is 1.92. The molecule has 0 radical (unpaired) electrons. The maximum Gasteiger partial charge on any atom is 2.00 e. The van der Waals surface area contributed by atoms with E-state index in [0.29, 0.717) is 0 Å². The second kappa shape index (κ2) is 12.1. The van der Waals surface area contributed by atoms with Crippen molar-refractivity contribution in [1.82, 2.24) is 5.09 Å². The maximum absolute atomic E-state index is 10.4. The van der Waals surface area contributed by atoms with Gasteiger partial charge < -0.3 is 36.2 Å². The van der Waals surface area contributed by atoms with Crippen LogP contribution in [0.15, 0.2) is 0 Å². The summed E-state index contributed by atoms with van der Waals surface area (Å²) in [6.45, 7) is 0. The predicted molar refractivity (Wildman–Crippen MR) is 76.6 cm³/mol. The number of carboxylic acids is 2. The number of hydrogen-bond acceptors (Lipinski definition) is 7. The van der Waals surface area contributed by atoms with E-state index in [9.17, 15) is 19.8 Å². The average Bonchev–Trinajstić information content (AvgIpc) is 2.37. The Morgan fingerprint density at radius 2 is 1.70 bits per heavy atom. The van der Waals surface area contributed by atoms with Gasteiger partial charge in [-0.15, -0.1) is 0 Å². The average molecular weight is 532 g/mol. The Kier molecular flexibility index (Phi) is 13.1. The topological polar surface area (TPSA) is 214 Å². The Morgan fingerprint density at radius 3 is 1.96 bits per heavy atom. The fraction of sp³-hybridized carbons (Fsp3) is 0.818. The van der Waals surface area contributed by atoms with Gasteiger partial charge in [-0.05, 0) is 25.7 Å². The molecule has 0 bridgehead atoms. The molecule has 0 heterocycles. The molecule has 0 aromatic rings. The summed E-state index contributed by atoms with van der Waals surface area (Å²) in [7, 11) is -3.72. The van der Waals surface area contributed by atoms with Crippen LogP contribution in [0.5, 0.6) is 0 Å². The molecule has 4 atom stereocenters. The largest absolute Gasteiger partial charge is 2.00 e. The normalized spacial score (nSPS) is 24.2. The van der Waals surface area contributed by atoms with Crippen LogP contribution in [-0.4, -0.2) is 35.0 Å². The van der Waals surface area contributed by atoms with Gasteiger partial charge in [0.1, 0.15) is 0 Å². The van der Waals surface area contributed by atoms with Crippen molar-refractivity contribution >= 4 is 19.5 Å². The van der Waals surface area contributed by atoms with E-state index >= 15 is 0 Å². The number of carbonyl (C=O) groups excluding carboxylic acids is 2. The molecule has 0 aromatic carbocycles. The first-order chi connectivity index (χ1) is 10.0. The van der Waals surface area contributed by atoms with Gasteiger partial charge in [-0.25, -0.2) is 5.09 Å². The van der Waals surface area contributed by atoms with Gasteiger partial charge in [0, 0.05) is 18.1 Å². The van der Waals surface area contributed by atoms with Crippen molar-refractivity contribution in [2.24, 2.45) is 17.0 Å². The standard InChI is InChI=1S/C6H14N2.C5H12N3O5P.Pt/c7-5-3-1-2-4-6(5)8;6-14(7,13)8-3(5(11)12)1-2-4(9)10;/h5-6H,1-4,7-8H2;3H,1-2H2,(H,9,10)(H,11,12)(H5,6,7,8,13);/q;;+2/p-2/t5-,6-;3-;/m10./s1. The summed E-state index contributed by atoms with van der Waals surface area (Å²) in [6.07, 6.45) is 3.92. The number of hydrogen-bond donors (Lipinski definition) is 6. The van der Waals surface area contributed by atoms with E-state index < -0.39 is 32.0 Å². The van der Waals surface area contributed by atoms with E-state index in [0.717, 1.165) is 12.8 Å². The summed E-state index contributed by atoms with van der Waals surface area (Å²) in [6, 6.07) is -0.902. The summed E-state index contributed by atoms with van der Waals surface area (Å²) in [4.78, 5) is 29.2. The van der Waals surface area contributed by atoms with Crippen molar-refractivity contribution in [2.45, 2.75) is 56.7 Å². The third-order valence-electron chi connectivity index (χ3n) is 3.15. The van der Waals surface area contributed by atoms with E-state index in [1.807, 2.05) is 5.09 Å². The Morgan fingerprint density at radius 1 is 1.26 bits per heavy atom. The maximum atomic E-state index is 10.4. The first kappa shape index (κ1) is 24.9. The van der Waals surface area contributed by atoms with Gasteiger partial charge in [0.25, 0.3) is 0 Å². The molecule has 0 aromatic heterocycles. The number of rotatable bonds is 6. The SMILES string of the molecule is N=P(N)(O)N[C@@H](CCC(=O)[O-])C(=O)[O-].N[C@@H]1CCCC[C@H]1N.[Pt+2]. The third-order valence-corrected chi connectivity index (χ3v) is 3.85. The zero-order chi connectivity index (χ0) is 17.3. The number of aliphatic carboxylic acids is 2. The summed E-state index contributed by atoms with van der Waals surface area (Å²) in [5.74, 6) is -3.05. The molecule has 1 aliphatic rings. The molecule has 1 saturated carbocycles. The molecule has 0 spiro atoms. The molecule has 10 nitrogen and oxygen atoms in total. The number of nitrogens with two attached hydrogens (primary N) is 3. The number of carbonyl (C=O) groups is 2. The Hall–Kier alpha value is -0.342. The summed E-state index contributed by atoms with van der Waals surface area (Å²) < 4.78 is 0. The zero-order valence-corrected chi connectivity index (χ0v) is 15.7. The molecule has 12 heteroatoms. The molecular weight excluding hydrogens is 508 g/mol. The monoisotopic (exact) mass is 532 g/mol. The van der Waals surface area contributed by atoms with Crippen LogP contribution in [0.25, 0.3) is 0 Å². The van der Waals surface area contributed by atoms with Gasteiger partial charge in [0.05, 0.1) is 12.0 Å². The third kappa shape index (κ3) is 13.8. The summed E-state index contributed by atoms with van der Waals surface area (Å²) >= 11 is 0. The Bertz CT molecular complexity index is 412. The van der Waals surface area contributed by atoms with Gasteiger partial charge in [0.15, 0.2) is 0 Å². The van der Waals surface area contributed by atoms with Gasteiger partial charge in [-0.3, -0.25) is 10.7 Å². The molecule has 1 aliphatic carbocycles. The van der Waals surface area contributed by atoms with Crippen LogP contribution in [0, 0.1) is 5.16 Å². The van der Waals surface area contributed by atoms with Crippen LogP contribution in [-0.2, 0) is 30.7 Å². The molecule has 1 rings (SSSR count). The molecule has 23 heavy (non-hydrogen) atoms. The van der Waals surface area contributed by atoms with Crippen LogP contribution < -0.4 is 32.3 Å². The zero-order valence-electron chi connectivity index (χ0n) is 12.6. The van der Waals surface area contributed by atoms with Crippen molar-refractivity contribution in [3.05, 3.63) is 0 Å². The molecule has 0 aliphatic heterocycles. The fourth-order valence-corrected chi connectivity index (χ4v) is 2.63. The van der Waals surface area contributed by atoms with Gasteiger partial charge in [0.2, 0.25) is 7.58 Å². The van der Waals surface area contributed by atoms with Crippen molar-refractivity contribution < 1.29 is 45.8 Å². The van der Waals surface area contributed by atoms with Crippen molar-refractivity contribution in [3.8, 4) is 0 Å². The number of carboxylic acid groups (broad SMARTS) is 2. The van der Waals surface area contributed by atoms with Crippen LogP contribution in [0.3, 0.4) is 0 Å². The van der Waals surface area contributed by atoms with Crippen molar-refractivity contribution in [3.63, 3.8) is 0 Å². The first-order valence-corrected chi connectivity index (χ1v) is 8.69. The van der Waals surface area contributed by atoms with Gasteiger partial charge in [-0.2, -0.15) is 0 Å². The van der Waals surface area contributed by atoms with Crippen LogP contribution in [0.1, 0.15) is 38.5 Å². The molecule has 9 N–H and O–H groups in total.